The Kier molecular flexibility index (Phi) is 5.84. The topological polar surface area (TPSA) is 43.9 Å². The number of para-hydroxylation sites is 2. The fraction of sp³-hybridized carbons (Fsp3) is 0. The number of hydrogen-bond acceptors (Lipinski definition) is 3. The van der Waals surface area contributed by atoms with Crippen LogP contribution >= 0.6 is 0 Å². The molecule has 0 atom stereocenters. The fourth-order valence-electron chi connectivity index (χ4n) is 7.38. The van der Waals surface area contributed by atoms with E-state index in [1.54, 1.807) is 6.33 Å². The van der Waals surface area contributed by atoms with Gasteiger partial charge in [-0.05, 0) is 58.8 Å². The minimum Gasteiger partial charge on any atom is -0.456 e. The second-order valence-corrected chi connectivity index (χ2v) is 12.2. The van der Waals surface area contributed by atoms with Crippen LogP contribution in [0.4, 0.5) is 0 Å². The molecule has 0 unspecified atom stereocenters. The van der Waals surface area contributed by atoms with E-state index in [0.29, 0.717) is 0 Å². The lowest BCUT2D eigenvalue weighted by molar-refractivity contribution is 0.669. The molecule has 4 heteroatoms. The van der Waals surface area contributed by atoms with Gasteiger partial charge < -0.3 is 8.98 Å². The van der Waals surface area contributed by atoms with Crippen LogP contribution in [0.15, 0.2) is 168 Å². The summed E-state index contributed by atoms with van der Waals surface area (Å²) in [5.74, 6) is 0. The van der Waals surface area contributed by atoms with Crippen LogP contribution in [0.3, 0.4) is 0 Å². The van der Waals surface area contributed by atoms with E-state index in [9.17, 15) is 0 Å². The maximum absolute atomic E-state index is 6.29. The third-order valence-corrected chi connectivity index (χ3v) is 9.48. The molecule has 0 saturated heterocycles. The summed E-state index contributed by atoms with van der Waals surface area (Å²) in [5.41, 5.74) is 11.2. The van der Waals surface area contributed by atoms with Crippen molar-refractivity contribution in [1.29, 1.82) is 0 Å². The largest absolute Gasteiger partial charge is 0.456 e. The molecule has 0 radical (unpaired) electrons. The average molecular weight is 614 g/mol. The summed E-state index contributed by atoms with van der Waals surface area (Å²) in [7, 11) is 0. The van der Waals surface area contributed by atoms with Crippen molar-refractivity contribution in [1.82, 2.24) is 14.5 Å². The zero-order valence-electron chi connectivity index (χ0n) is 25.8. The number of rotatable bonds is 4. The third-order valence-electron chi connectivity index (χ3n) is 9.48. The van der Waals surface area contributed by atoms with Gasteiger partial charge >= 0.3 is 0 Å². The van der Waals surface area contributed by atoms with Crippen molar-refractivity contribution in [3.05, 3.63) is 164 Å². The van der Waals surface area contributed by atoms with Crippen molar-refractivity contribution in [3.63, 3.8) is 0 Å². The molecule has 0 amide bonds. The molecule has 0 aliphatic rings. The first-order valence-electron chi connectivity index (χ1n) is 16.2. The highest BCUT2D eigenvalue weighted by atomic mass is 16.3. The molecule has 0 spiro atoms. The molecule has 224 valence electrons. The smallest absolute Gasteiger partial charge is 0.136 e. The Balaban J connectivity index is 1.27. The molecular weight excluding hydrogens is 587 g/mol. The van der Waals surface area contributed by atoms with Gasteiger partial charge in [-0.25, -0.2) is 9.97 Å². The van der Waals surface area contributed by atoms with Gasteiger partial charge in [0.25, 0.3) is 0 Å². The van der Waals surface area contributed by atoms with Crippen molar-refractivity contribution >= 4 is 54.5 Å². The van der Waals surface area contributed by atoms with Crippen molar-refractivity contribution in [2.75, 3.05) is 0 Å². The first-order valence-corrected chi connectivity index (χ1v) is 16.2. The standard InChI is InChI=1S/C44H27N3O/c1-3-12-28(13-4-1)43-41(44(46-27-45-43)29-14-5-2-6-15-29)31-16-11-17-32(24-31)47-37-20-9-7-18-33(37)36-25-30-22-23-40-42(35(30)26-38(36)47)34-19-8-10-21-39(34)48-40/h1-27H. The summed E-state index contributed by atoms with van der Waals surface area (Å²) in [6.45, 7) is 0. The van der Waals surface area contributed by atoms with Gasteiger partial charge in [0.05, 0.1) is 22.4 Å². The summed E-state index contributed by atoms with van der Waals surface area (Å²) in [6, 6.07) is 55.5. The Morgan fingerprint density at radius 2 is 1.10 bits per heavy atom. The summed E-state index contributed by atoms with van der Waals surface area (Å²) in [6.07, 6.45) is 1.68. The lowest BCUT2D eigenvalue weighted by Gasteiger charge is -2.16. The highest BCUT2D eigenvalue weighted by Gasteiger charge is 2.20. The predicted molar refractivity (Wildman–Crippen MR) is 197 cm³/mol. The predicted octanol–water partition coefficient (Wildman–Crippen LogP) is 11.6. The Bertz CT molecular complexity index is 2770. The normalized spacial score (nSPS) is 11.8. The molecule has 3 heterocycles. The van der Waals surface area contributed by atoms with Crippen LogP contribution in [0.5, 0.6) is 0 Å². The highest BCUT2D eigenvalue weighted by Crippen LogP contribution is 2.42. The molecular formula is C44H27N3O. The second-order valence-electron chi connectivity index (χ2n) is 12.2. The molecule has 3 aromatic heterocycles. The van der Waals surface area contributed by atoms with E-state index in [1.165, 1.54) is 21.5 Å². The van der Waals surface area contributed by atoms with Crippen LogP contribution in [0, 0.1) is 0 Å². The zero-order valence-corrected chi connectivity index (χ0v) is 25.8. The van der Waals surface area contributed by atoms with Gasteiger partial charge in [-0.15, -0.1) is 0 Å². The van der Waals surface area contributed by atoms with Gasteiger partial charge in [-0.2, -0.15) is 0 Å². The van der Waals surface area contributed by atoms with E-state index in [1.807, 2.05) is 24.3 Å². The molecule has 0 bridgehead atoms. The number of fused-ring (bicyclic) bond motifs is 8. The molecule has 0 N–H and O–H groups in total. The quantitative estimate of drug-likeness (QED) is 0.198. The van der Waals surface area contributed by atoms with Gasteiger partial charge in [-0.1, -0.05) is 115 Å². The van der Waals surface area contributed by atoms with Crippen LogP contribution in [-0.2, 0) is 0 Å². The van der Waals surface area contributed by atoms with E-state index in [-0.39, 0.29) is 0 Å². The first kappa shape index (κ1) is 26.7. The Labute approximate surface area is 276 Å². The summed E-state index contributed by atoms with van der Waals surface area (Å²) >= 11 is 0. The molecule has 4 nitrogen and oxygen atoms in total. The molecule has 7 aromatic carbocycles. The Morgan fingerprint density at radius 3 is 1.88 bits per heavy atom. The van der Waals surface area contributed by atoms with Gasteiger partial charge in [0.2, 0.25) is 0 Å². The minimum atomic E-state index is 0.902. The van der Waals surface area contributed by atoms with Gasteiger partial charge in [0, 0.05) is 43.9 Å². The molecule has 48 heavy (non-hydrogen) atoms. The van der Waals surface area contributed by atoms with Crippen molar-refractivity contribution in [3.8, 4) is 39.3 Å². The highest BCUT2D eigenvalue weighted by molar-refractivity contribution is 6.23. The zero-order chi connectivity index (χ0) is 31.6. The molecule has 10 aromatic rings. The third kappa shape index (κ3) is 4.03. The van der Waals surface area contributed by atoms with Crippen LogP contribution in [0.2, 0.25) is 0 Å². The van der Waals surface area contributed by atoms with Crippen LogP contribution in [-0.4, -0.2) is 14.5 Å². The van der Waals surface area contributed by atoms with E-state index < -0.39 is 0 Å². The maximum atomic E-state index is 6.29. The lowest BCUT2D eigenvalue weighted by atomic mass is 9.94. The monoisotopic (exact) mass is 613 g/mol. The van der Waals surface area contributed by atoms with Crippen molar-refractivity contribution in [2.45, 2.75) is 0 Å². The van der Waals surface area contributed by atoms with Crippen LogP contribution in [0.25, 0.3) is 93.8 Å². The number of aromatic nitrogens is 3. The summed E-state index contributed by atoms with van der Waals surface area (Å²) in [5, 5.41) is 7.09. The number of furan rings is 1. The van der Waals surface area contributed by atoms with Crippen LogP contribution in [0.1, 0.15) is 0 Å². The van der Waals surface area contributed by atoms with E-state index in [2.05, 4.69) is 138 Å². The van der Waals surface area contributed by atoms with Crippen molar-refractivity contribution in [2.24, 2.45) is 0 Å². The van der Waals surface area contributed by atoms with E-state index in [0.717, 1.165) is 72.3 Å². The van der Waals surface area contributed by atoms with Gasteiger partial charge in [0.1, 0.15) is 17.5 Å². The number of hydrogen-bond donors (Lipinski definition) is 0. The first-order chi connectivity index (χ1) is 23.8. The van der Waals surface area contributed by atoms with Gasteiger partial charge in [0.15, 0.2) is 0 Å². The SMILES string of the molecule is c1ccc(-c2ncnc(-c3ccccc3)c2-c2cccc(-n3c4ccccc4c4cc5ccc6oc7ccccc7c6c5cc43)c2)cc1. The van der Waals surface area contributed by atoms with Crippen molar-refractivity contribution < 1.29 is 4.42 Å². The molecule has 0 fully saturated rings. The second kappa shape index (κ2) is 10.5. The Morgan fingerprint density at radius 1 is 0.438 bits per heavy atom. The van der Waals surface area contributed by atoms with E-state index in [4.69, 9.17) is 14.4 Å². The maximum Gasteiger partial charge on any atom is 0.136 e. The molecule has 0 saturated carbocycles. The lowest BCUT2D eigenvalue weighted by Crippen LogP contribution is -1.98. The minimum absolute atomic E-state index is 0.902. The number of benzene rings is 7. The van der Waals surface area contributed by atoms with E-state index >= 15 is 0 Å². The summed E-state index contributed by atoms with van der Waals surface area (Å²) in [4.78, 5) is 9.72. The summed E-state index contributed by atoms with van der Waals surface area (Å²) < 4.78 is 8.68. The van der Waals surface area contributed by atoms with Gasteiger partial charge in [-0.3, -0.25) is 0 Å². The molecule has 0 aliphatic heterocycles. The fourth-order valence-corrected chi connectivity index (χ4v) is 7.38. The molecule has 0 aliphatic carbocycles. The van der Waals surface area contributed by atoms with Crippen LogP contribution < -0.4 is 0 Å². The molecule has 10 rings (SSSR count). The number of nitrogens with zero attached hydrogens (tertiary/aromatic N) is 3. The Hall–Kier alpha value is -6.52. The average Bonchev–Trinajstić information content (AvgIpc) is 3.70.